The van der Waals surface area contributed by atoms with Gasteiger partial charge in [-0.05, 0) is 46.9 Å². The number of aryl methyl sites for hydroxylation is 1. The van der Waals surface area contributed by atoms with Crippen LogP contribution in [0.2, 0.25) is 19.6 Å². The van der Waals surface area contributed by atoms with Crippen LogP contribution in [0.25, 0.3) is 42.3 Å². The Labute approximate surface area is 189 Å². The SMILES string of the molecule is Cc1c([Si](C)(C)C)ccc2c1sc1c(-c3cc(C(C)C)c4ccccc4c3)ncnc12. The monoisotopic (exact) mass is 440 g/mol. The first-order valence-electron chi connectivity index (χ1n) is 11.0. The zero-order valence-corrected chi connectivity index (χ0v) is 20.9. The van der Waals surface area contributed by atoms with Crippen molar-refractivity contribution < 1.29 is 0 Å². The minimum atomic E-state index is -1.40. The second-order valence-electron chi connectivity index (χ2n) is 9.81. The van der Waals surface area contributed by atoms with Gasteiger partial charge < -0.3 is 0 Å². The van der Waals surface area contributed by atoms with Crippen LogP contribution in [-0.2, 0) is 0 Å². The van der Waals surface area contributed by atoms with Crippen molar-refractivity contribution in [3.8, 4) is 11.3 Å². The standard InChI is InChI=1S/C27H28N2SSi/c1-16(2)22-14-19(13-18-9-7-8-10-20(18)22)24-27-25(29-15-28-24)21-11-12-23(31(4,5)6)17(3)26(21)30-27/h7-16H,1-6H3. The number of nitrogens with zero attached hydrogens (tertiary/aromatic N) is 2. The molecule has 5 rings (SSSR count). The Morgan fingerprint density at radius 3 is 2.39 bits per heavy atom. The van der Waals surface area contributed by atoms with Crippen molar-refractivity contribution in [3.05, 3.63) is 66.0 Å². The van der Waals surface area contributed by atoms with Crippen LogP contribution in [0, 0.1) is 6.92 Å². The maximum Gasteiger partial charge on any atom is 0.116 e. The van der Waals surface area contributed by atoms with Crippen LogP contribution in [0.1, 0.15) is 30.9 Å². The minimum Gasteiger partial charge on any atom is -0.235 e. The van der Waals surface area contributed by atoms with Crippen molar-refractivity contribution in [2.45, 2.75) is 46.3 Å². The summed E-state index contributed by atoms with van der Waals surface area (Å²) >= 11 is 1.86. The average molecular weight is 441 g/mol. The number of hydrogen-bond donors (Lipinski definition) is 0. The first-order valence-corrected chi connectivity index (χ1v) is 15.3. The summed E-state index contributed by atoms with van der Waals surface area (Å²) in [5, 5.41) is 5.40. The molecule has 0 aliphatic heterocycles. The number of rotatable bonds is 3. The number of benzene rings is 3. The van der Waals surface area contributed by atoms with E-state index in [0.717, 1.165) is 11.2 Å². The summed E-state index contributed by atoms with van der Waals surface area (Å²) in [5.41, 5.74) is 6.11. The predicted octanol–water partition coefficient (Wildman–Crippen LogP) is 7.64. The van der Waals surface area contributed by atoms with E-state index < -0.39 is 8.07 Å². The van der Waals surface area contributed by atoms with E-state index in [0.29, 0.717) is 5.92 Å². The fourth-order valence-corrected chi connectivity index (χ4v) is 7.94. The van der Waals surface area contributed by atoms with Gasteiger partial charge in [0.25, 0.3) is 0 Å². The number of aromatic nitrogens is 2. The van der Waals surface area contributed by atoms with E-state index >= 15 is 0 Å². The van der Waals surface area contributed by atoms with Crippen LogP contribution in [0.5, 0.6) is 0 Å². The van der Waals surface area contributed by atoms with Gasteiger partial charge in [-0.2, -0.15) is 0 Å². The van der Waals surface area contributed by atoms with Crippen LogP contribution >= 0.6 is 11.3 Å². The maximum atomic E-state index is 4.79. The van der Waals surface area contributed by atoms with Gasteiger partial charge in [-0.3, -0.25) is 0 Å². The molecule has 31 heavy (non-hydrogen) atoms. The van der Waals surface area contributed by atoms with E-state index in [9.17, 15) is 0 Å². The Balaban J connectivity index is 1.82. The molecule has 2 nitrogen and oxygen atoms in total. The third-order valence-corrected chi connectivity index (χ3v) is 9.74. The zero-order valence-electron chi connectivity index (χ0n) is 19.1. The number of fused-ring (bicyclic) bond motifs is 4. The first-order chi connectivity index (χ1) is 14.8. The highest BCUT2D eigenvalue weighted by Crippen LogP contribution is 2.40. The van der Waals surface area contributed by atoms with E-state index in [1.54, 1.807) is 6.33 Å². The molecule has 0 N–H and O–H groups in total. The van der Waals surface area contributed by atoms with E-state index in [1.165, 1.54) is 47.4 Å². The highest BCUT2D eigenvalue weighted by molar-refractivity contribution is 7.26. The van der Waals surface area contributed by atoms with Crippen molar-refractivity contribution in [1.82, 2.24) is 9.97 Å². The highest BCUT2D eigenvalue weighted by Gasteiger charge is 2.22. The van der Waals surface area contributed by atoms with Crippen LogP contribution in [0.4, 0.5) is 0 Å². The van der Waals surface area contributed by atoms with Crippen LogP contribution in [0.3, 0.4) is 0 Å². The lowest BCUT2D eigenvalue weighted by atomic mass is 9.92. The number of hydrogen-bond acceptors (Lipinski definition) is 3. The molecule has 0 aliphatic rings. The Hall–Kier alpha value is -2.56. The van der Waals surface area contributed by atoms with Gasteiger partial charge in [-0.25, -0.2) is 9.97 Å². The molecular weight excluding hydrogens is 412 g/mol. The molecule has 0 saturated heterocycles. The fraction of sp³-hybridized carbons (Fsp3) is 0.259. The molecule has 0 unspecified atom stereocenters. The van der Waals surface area contributed by atoms with E-state index in [-0.39, 0.29) is 0 Å². The zero-order chi connectivity index (χ0) is 21.9. The third-order valence-electron chi connectivity index (χ3n) is 6.27. The van der Waals surface area contributed by atoms with Crippen LogP contribution in [0.15, 0.2) is 54.9 Å². The van der Waals surface area contributed by atoms with E-state index in [2.05, 4.69) is 88.9 Å². The molecule has 0 fully saturated rings. The second kappa shape index (κ2) is 7.25. The quantitative estimate of drug-likeness (QED) is 0.269. The van der Waals surface area contributed by atoms with Gasteiger partial charge >= 0.3 is 0 Å². The summed E-state index contributed by atoms with van der Waals surface area (Å²) in [4.78, 5) is 9.51. The molecule has 5 aromatic rings. The van der Waals surface area contributed by atoms with Gasteiger partial charge in [0.15, 0.2) is 0 Å². The van der Waals surface area contributed by atoms with E-state index in [4.69, 9.17) is 9.97 Å². The van der Waals surface area contributed by atoms with Crippen molar-refractivity contribution >= 4 is 55.7 Å². The molecular formula is C27H28N2SSi. The van der Waals surface area contributed by atoms with Gasteiger partial charge in [0.05, 0.1) is 24.0 Å². The molecule has 4 heteroatoms. The van der Waals surface area contributed by atoms with Gasteiger partial charge in [0.1, 0.15) is 6.33 Å². The Kier molecular flexibility index (Phi) is 4.76. The summed E-state index contributed by atoms with van der Waals surface area (Å²) in [6, 6.07) is 17.9. The summed E-state index contributed by atoms with van der Waals surface area (Å²) in [5.74, 6) is 0.450. The van der Waals surface area contributed by atoms with Gasteiger partial charge in [0, 0.05) is 15.6 Å². The molecule has 0 amide bonds. The Morgan fingerprint density at radius 2 is 1.65 bits per heavy atom. The van der Waals surface area contributed by atoms with Gasteiger partial charge in [0.2, 0.25) is 0 Å². The third kappa shape index (κ3) is 3.29. The number of thiophene rings is 1. The summed E-state index contributed by atoms with van der Waals surface area (Å²) in [7, 11) is -1.40. The van der Waals surface area contributed by atoms with Gasteiger partial charge in [-0.1, -0.05) is 75.1 Å². The summed E-state index contributed by atoms with van der Waals surface area (Å²) in [6.45, 7) is 14.1. The maximum absolute atomic E-state index is 4.79. The smallest absolute Gasteiger partial charge is 0.116 e. The molecule has 0 aliphatic carbocycles. The molecule has 2 aromatic heterocycles. The van der Waals surface area contributed by atoms with Gasteiger partial charge in [-0.15, -0.1) is 11.3 Å². The highest BCUT2D eigenvalue weighted by atomic mass is 32.1. The van der Waals surface area contributed by atoms with E-state index in [1.807, 2.05) is 11.3 Å². The van der Waals surface area contributed by atoms with Crippen molar-refractivity contribution in [2.75, 3.05) is 0 Å². The van der Waals surface area contributed by atoms with Crippen LogP contribution < -0.4 is 5.19 Å². The Bertz CT molecular complexity index is 1460. The van der Waals surface area contributed by atoms with Crippen molar-refractivity contribution in [2.24, 2.45) is 0 Å². The molecule has 3 aromatic carbocycles. The average Bonchev–Trinajstić information content (AvgIpc) is 3.12. The van der Waals surface area contributed by atoms with Crippen LogP contribution in [-0.4, -0.2) is 18.0 Å². The lowest BCUT2D eigenvalue weighted by molar-refractivity contribution is 0.876. The molecule has 0 atom stereocenters. The molecule has 0 spiro atoms. The normalized spacial score (nSPS) is 12.5. The minimum absolute atomic E-state index is 0.450. The molecule has 0 saturated carbocycles. The second-order valence-corrected chi connectivity index (χ2v) is 15.9. The predicted molar refractivity (Wildman–Crippen MR) is 140 cm³/mol. The summed E-state index contributed by atoms with van der Waals surface area (Å²) in [6.07, 6.45) is 1.73. The lowest BCUT2D eigenvalue weighted by Gasteiger charge is -2.19. The topological polar surface area (TPSA) is 25.8 Å². The largest absolute Gasteiger partial charge is 0.235 e. The van der Waals surface area contributed by atoms with Crippen molar-refractivity contribution in [3.63, 3.8) is 0 Å². The lowest BCUT2D eigenvalue weighted by Crippen LogP contribution is -2.39. The summed E-state index contributed by atoms with van der Waals surface area (Å²) < 4.78 is 2.56. The Morgan fingerprint density at radius 1 is 0.871 bits per heavy atom. The molecule has 156 valence electrons. The van der Waals surface area contributed by atoms with Crippen molar-refractivity contribution in [1.29, 1.82) is 0 Å². The molecule has 0 bridgehead atoms. The first kappa shape index (κ1) is 20.3. The molecule has 0 radical (unpaired) electrons. The molecule has 2 heterocycles. The fourth-order valence-electron chi connectivity index (χ4n) is 4.75.